The SMILES string of the molecule is COc1cc2c(-c3ccc[nH]c3=O)c(C(=O)NS(C)(=O)=O)n(Cc3ccccc3F)c2cn1. The van der Waals surface area contributed by atoms with Gasteiger partial charge in [0.25, 0.3) is 11.5 Å². The minimum Gasteiger partial charge on any atom is -0.481 e. The predicted octanol–water partition coefficient (Wildman–Crippen LogP) is 2.28. The smallest absolute Gasteiger partial charge is 0.282 e. The van der Waals surface area contributed by atoms with E-state index in [1.807, 2.05) is 4.72 Å². The van der Waals surface area contributed by atoms with E-state index >= 15 is 0 Å². The normalized spacial score (nSPS) is 11.5. The lowest BCUT2D eigenvalue weighted by molar-refractivity contribution is 0.0974. The molecule has 33 heavy (non-hydrogen) atoms. The molecule has 3 aromatic heterocycles. The number of fused-ring (bicyclic) bond motifs is 1. The number of benzene rings is 1. The summed E-state index contributed by atoms with van der Waals surface area (Å²) in [5, 5.41) is 0.411. The van der Waals surface area contributed by atoms with Gasteiger partial charge in [0.1, 0.15) is 11.5 Å². The average molecular weight is 470 g/mol. The van der Waals surface area contributed by atoms with Crippen molar-refractivity contribution in [1.29, 1.82) is 0 Å². The maximum atomic E-state index is 14.5. The van der Waals surface area contributed by atoms with Crippen LogP contribution in [0.3, 0.4) is 0 Å². The molecular weight excluding hydrogens is 451 g/mol. The highest BCUT2D eigenvalue weighted by Crippen LogP contribution is 2.35. The minimum atomic E-state index is -3.94. The first-order chi connectivity index (χ1) is 15.7. The number of hydrogen-bond donors (Lipinski definition) is 2. The molecule has 0 atom stereocenters. The monoisotopic (exact) mass is 470 g/mol. The Kier molecular flexibility index (Phi) is 5.73. The number of pyridine rings is 2. The summed E-state index contributed by atoms with van der Waals surface area (Å²) in [6.45, 7) is -0.117. The van der Waals surface area contributed by atoms with Crippen LogP contribution in [0.2, 0.25) is 0 Å². The van der Waals surface area contributed by atoms with Crippen molar-refractivity contribution in [2.45, 2.75) is 6.54 Å². The van der Waals surface area contributed by atoms with Gasteiger partial charge in [-0.05, 0) is 18.2 Å². The first kappa shape index (κ1) is 22.2. The summed E-state index contributed by atoms with van der Waals surface area (Å²) >= 11 is 0. The number of nitrogens with one attached hydrogen (secondary N) is 2. The molecule has 0 radical (unpaired) electrons. The molecule has 4 rings (SSSR count). The molecule has 4 aromatic rings. The largest absolute Gasteiger partial charge is 0.481 e. The van der Waals surface area contributed by atoms with Crippen molar-refractivity contribution in [1.82, 2.24) is 19.3 Å². The van der Waals surface area contributed by atoms with Crippen molar-refractivity contribution < 1.29 is 22.3 Å². The Balaban J connectivity index is 2.11. The van der Waals surface area contributed by atoms with Crippen LogP contribution in [-0.2, 0) is 16.6 Å². The zero-order valence-corrected chi connectivity index (χ0v) is 18.4. The number of carbonyl (C=O) groups excluding carboxylic acids is 1. The van der Waals surface area contributed by atoms with E-state index in [1.165, 1.54) is 48.3 Å². The Hall–Kier alpha value is -3.99. The third kappa shape index (κ3) is 4.35. The molecule has 0 fully saturated rings. The van der Waals surface area contributed by atoms with Gasteiger partial charge < -0.3 is 14.3 Å². The van der Waals surface area contributed by atoms with Crippen molar-refractivity contribution in [3.8, 4) is 17.0 Å². The van der Waals surface area contributed by atoms with Gasteiger partial charge in [0.2, 0.25) is 15.9 Å². The van der Waals surface area contributed by atoms with E-state index in [-0.39, 0.29) is 34.8 Å². The molecule has 11 heteroatoms. The lowest BCUT2D eigenvalue weighted by atomic mass is 10.0. The first-order valence-electron chi connectivity index (χ1n) is 9.69. The van der Waals surface area contributed by atoms with Crippen molar-refractivity contribution in [2.24, 2.45) is 0 Å². The number of sulfonamides is 1. The Morgan fingerprint density at radius 3 is 2.67 bits per heavy atom. The quantitative estimate of drug-likeness (QED) is 0.446. The molecule has 0 saturated carbocycles. The summed E-state index contributed by atoms with van der Waals surface area (Å²) in [6.07, 6.45) is 3.70. The summed E-state index contributed by atoms with van der Waals surface area (Å²) in [7, 11) is -2.53. The molecule has 0 saturated heterocycles. The number of halogens is 1. The third-order valence-electron chi connectivity index (χ3n) is 5.00. The summed E-state index contributed by atoms with van der Waals surface area (Å²) in [6, 6.07) is 10.6. The average Bonchev–Trinajstić information content (AvgIpc) is 3.08. The Bertz CT molecular complexity index is 1540. The van der Waals surface area contributed by atoms with Crippen LogP contribution in [-0.4, -0.2) is 42.2 Å². The first-order valence-corrected chi connectivity index (χ1v) is 11.6. The third-order valence-corrected chi connectivity index (χ3v) is 5.56. The standard InChI is InChI=1S/C22H19FN4O5S/c1-32-18-10-15-17(11-25-18)27(12-13-6-3-4-8-16(13)23)20(22(29)26-33(2,30)31)19(15)14-7-5-9-24-21(14)28/h3-11H,12H2,1-2H3,(H,24,28)(H,26,29). The summed E-state index contributed by atoms with van der Waals surface area (Å²) in [4.78, 5) is 32.6. The van der Waals surface area contributed by atoms with E-state index < -0.39 is 27.3 Å². The Labute approximate surface area is 187 Å². The summed E-state index contributed by atoms with van der Waals surface area (Å²) in [5.41, 5.74) is 0.312. The Morgan fingerprint density at radius 1 is 1.24 bits per heavy atom. The van der Waals surface area contributed by atoms with Crippen LogP contribution < -0.4 is 15.0 Å². The molecule has 0 bridgehead atoms. The van der Waals surface area contributed by atoms with Gasteiger partial charge in [-0.25, -0.2) is 22.5 Å². The van der Waals surface area contributed by atoms with E-state index in [4.69, 9.17) is 4.74 Å². The second-order valence-electron chi connectivity index (χ2n) is 7.26. The highest BCUT2D eigenvalue weighted by atomic mass is 32.2. The molecule has 170 valence electrons. The zero-order valence-electron chi connectivity index (χ0n) is 17.6. The summed E-state index contributed by atoms with van der Waals surface area (Å²) < 4.78 is 46.8. The summed E-state index contributed by atoms with van der Waals surface area (Å²) in [5.74, 6) is -1.26. The van der Waals surface area contributed by atoms with Gasteiger partial charge in [-0.1, -0.05) is 18.2 Å². The fraction of sp³-hybridized carbons (Fsp3) is 0.136. The predicted molar refractivity (Wildman–Crippen MR) is 120 cm³/mol. The van der Waals surface area contributed by atoms with Gasteiger partial charge in [0.15, 0.2) is 0 Å². The molecule has 1 amide bonds. The fourth-order valence-electron chi connectivity index (χ4n) is 3.64. The topological polar surface area (TPSA) is 123 Å². The van der Waals surface area contributed by atoms with E-state index in [2.05, 4.69) is 9.97 Å². The maximum absolute atomic E-state index is 14.5. The lowest BCUT2D eigenvalue weighted by Crippen LogP contribution is -2.32. The van der Waals surface area contributed by atoms with Crippen LogP contribution in [0.25, 0.3) is 22.0 Å². The molecule has 0 unspecified atom stereocenters. The van der Waals surface area contributed by atoms with Crippen LogP contribution >= 0.6 is 0 Å². The van der Waals surface area contributed by atoms with Crippen molar-refractivity contribution in [3.05, 3.63) is 82.3 Å². The van der Waals surface area contributed by atoms with E-state index in [0.717, 1.165) is 6.26 Å². The Morgan fingerprint density at radius 2 is 2.00 bits per heavy atom. The van der Waals surface area contributed by atoms with E-state index in [0.29, 0.717) is 10.9 Å². The number of nitrogens with zero attached hydrogens (tertiary/aromatic N) is 2. The second kappa shape index (κ2) is 8.51. The van der Waals surface area contributed by atoms with Crippen LogP contribution in [0, 0.1) is 5.82 Å². The van der Waals surface area contributed by atoms with Gasteiger partial charge in [-0.2, -0.15) is 0 Å². The number of amides is 1. The van der Waals surface area contributed by atoms with E-state index in [9.17, 15) is 22.4 Å². The maximum Gasteiger partial charge on any atom is 0.282 e. The van der Waals surface area contributed by atoms with Gasteiger partial charge >= 0.3 is 0 Å². The number of methoxy groups -OCH3 is 1. The van der Waals surface area contributed by atoms with Crippen LogP contribution in [0.15, 0.2) is 59.7 Å². The van der Waals surface area contributed by atoms with Crippen molar-refractivity contribution >= 4 is 26.8 Å². The van der Waals surface area contributed by atoms with Gasteiger partial charge in [-0.15, -0.1) is 0 Å². The number of aromatic amines is 1. The van der Waals surface area contributed by atoms with Gasteiger partial charge in [-0.3, -0.25) is 9.59 Å². The molecule has 0 aliphatic carbocycles. The lowest BCUT2D eigenvalue weighted by Gasteiger charge is -2.12. The van der Waals surface area contributed by atoms with Crippen LogP contribution in [0.5, 0.6) is 5.88 Å². The number of aromatic nitrogens is 3. The highest BCUT2D eigenvalue weighted by Gasteiger charge is 2.28. The molecular formula is C22H19FN4O5S. The number of hydrogen-bond acceptors (Lipinski definition) is 6. The van der Waals surface area contributed by atoms with Gasteiger partial charge in [0.05, 0.1) is 31.6 Å². The van der Waals surface area contributed by atoms with Crippen molar-refractivity contribution in [3.63, 3.8) is 0 Å². The zero-order chi connectivity index (χ0) is 23.8. The minimum absolute atomic E-state index is 0.117. The number of carbonyl (C=O) groups is 1. The fourth-order valence-corrected chi connectivity index (χ4v) is 4.08. The second-order valence-corrected chi connectivity index (χ2v) is 9.01. The van der Waals surface area contributed by atoms with Gasteiger partial charge in [0, 0.05) is 34.3 Å². The number of ether oxygens (including phenoxy) is 1. The van der Waals surface area contributed by atoms with Crippen LogP contribution in [0.1, 0.15) is 16.1 Å². The molecule has 9 nitrogen and oxygen atoms in total. The molecule has 2 N–H and O–H groups in total. The van der Waals surface area contributed by atoms with Crippen LogP contribution in [0.4, 0.5) is 4.39 Å². The number of rotatable bonds is 6. The molecule has 1 aromatic carbocycles. The number of H-pyrrole nitrogens is 1. The molecule has 0 aliphatic rings. The highest BCUT2D eigenvalue weighted by molar-refractivity contribution is 7.89. The molecule has 3 heterocycles. The van der Waals surface area contributed by atoms with Crippen molar-refractivity contribution in [2.75, 3.05) is 13.4 Å². The molecule has 0 aliphatic heterocycles. The van der Waals surface area contributed by atoms with E-state index in [1.54, 1.807) is 18.2 Å². The molecule has 0 spiro atoms.